The van der Waals surface area contributed by atoms with Gasteiger partial charge in [-0.15, -0.1) is 0 Å². The molecule has 3 heterocycles. The lowest BCUT2D eigenvalue weighted by Gasteiger charge is -2.48. The van der Waals surface area contributed by atoms with Gasteiger partial charge in [0.25, 0.3) is 0 Å². The van der Waals surface area contributed by atoms with Crippen LogP contribution in [0.15, 0.2) is 6.07 Å². The van der Waals surface area contributed by atoms with Gasteiger partial charge in [0.2, 0.25) is 11.9 Å². The van der Waals surface area contributed by atoms with Crippen molar-refractivity contribution in [2.24, 2.45) is 5.41 Å². The van der Waals surface area contributed by atoms with Crippen LogP contribution in [0.25, 0.3) is 0 Å². The van der Waals surface area contributed by atoms with Gasteiger partial charge in [-0.1, -0.05) is 0 Å². The molecule has 138 valence electrons. The van der Waals surface area contributed by atoms with Crippen LogP contribution in [0, 0.1) is 5.41 Å². The summed E-state index contributed by atoms with van der Waals surface area (Å²) < 4.78 is 5.12. The summed E-state index contributed by atoms with van der Waals surface area (Å²) in [5.74, 6) is 1.64. The molecule has 1 aromatic rings. The third kappa shape index (κ3) is 4.12. The minimum absolute atomic E-state index is 0.119. The number of hydrogen-bond acceptors (Lipinski definition) is 7. The van der Waals surface area contributed by atoms with Crippen LogP contribution in [-0.4, -0.2) is 60.7 Å². The number of nitrogen functional groups attached to an aromatic ring is 2. The number of carbonyl (C=O) groups excluding carboxylic acids is 1. The smallest absolute Gasteiger partial charge is 0.223 e. The molecule has 2 fully saturated rings. The first-order chi connectivity index (χ1) is 12.0. The summed E-state index contributed by atoms with van der Waals surface area (Å²) in [5.41, 5.74) is 11.7. The minimum atomic E-state index is 0.119. The molecule has 0 aromatic carbocycles. The average molecular weight is 348 g/mol. The van der Waals surface area contributed by atoms with Crippen molar-refractivity contribution in [2.75, 3.05) is 56.3 Å². The van der Waals surface area contributed by atoms with Crippen LogP contribution in [0.3, 0.4) is 0 Å². The van der Waals surface area contributed by atoms with Crippen LogP contribution in [-0.2, 0) is 9.53 Å². The van der Waals surface area contributed by atoms with E-state index in [0.29, 0.717) is 18.8 Å². The van der Waals surface area contributed by atoms with E-state index in [4.69, 9.17) is 16.2 Å². The zero-order valence-corrected chi connectivity index (χ0v) is 14.9. The van der Waals surface area contributed by atoms with Gasteiger partial charge in [-0.3, -0.25) is 4.79 Å². The van der Waals surface area contributed by atoms with E-state index in [-0.39, 0.29) is 17.3 Å². The molecule has 0 saturated carbocycles. The number of piperidine rings is 2. The fourth-order valence-electron chi connectivity index (χ4n) is 4.08. The van der Waals surface area contributed by atoms with Gasteiger partial charge in [-0.05, 0) is 25.7 Å². The SMILES string of the molecule is COCCCN1C[C@@]2(CCCN(c3cc(N)nc(N)n3)C2)CCC1=O. The van der Waals surface area contributed by atoms with Gasteiger partial charge in [-0.25, -0.2) is 0 Å². The Labute approximate surface area is 148 Å². The third-order valence-corrected chi connectivity index (χ3v) is 5.26. The lowest BCUT2D eigenvalue weighted by molar-refractivity contribution is -0.138. The molecular weight excluding hydrogens is 320 g/mol. The standard InChI is InChI=1S/C17H28N6O2/c1-25-9-3-8-23-12-17(6-4-15(23)24)5-2-7-22(11-17)14-10-13(18)20-16(19)21-14/h10H,2-9,11-12H2,1H3,(H4,18,19,20,21)/t17-/m0/s1. The van der Waals surface area contributed by atoms with Crippen LogP contribution in [0.1, 0.15) is 32.1 Å². The first kappa shape index (κ1) is 17.7. The highest BCUT2D eigenvalue weighted by molar-refractivity contribution is 5.77. The predicted octanol–water partition coefficient (Wildman–Crippen LogP) is 0.887. The number of aromatic nitrogens is 2. The van der Waals surface area contributed by atoms with Gasteiger partial charge in [0.15, 0.2) is 0 Å². The number of anilines is 3. The van der Waals surface area contributed by atoms with Gasteiger partial charge in [0, 0.05) is 57.8 Å². The lowest BCUT2D eigenvalue weighted by atomic mass is 9.73. The molecule has 1 aromatic heterocycles. The topological polar surface area (TPSA) is 111 Å². The second kappa shape index (κ2) is 7.43. The first-order valence-corrected chi connectivity index (χ1v) is 8.93. The molecule has 4 N–H and O–H groups in total. The minimum Gasteiger partial charge on any atom is -0.385 e. The second-order valence-electron chi connectivity index (χ2n) is 7.20. The van der Waals surface area contributed by atoms with E-state index in [1.165, 1.54) is 0 Å². The van der Waals surface area contributed by atoms with Crippen LogP contribution in [0.2, 0.25) is 0 Å². The van der Waals surface area contributed by atoms with Crippen molar-refractivity contribution in [3.05, 3.63) is 6.07 Å². The normalized spacial score (nSPS) is 24.1. The largest absolute Gasteiger partial charge is 0.385 e. The third-order valence-electron chi connectivity index (χ3n) is 5.26. The summed E-state index contributed by atoms with van der Waals surface area (Å²) in [4.78, 5) is 24.8. The van der Waals surface area contributed by atoms with E-state index < -0.39 is 0 Å². The van der Waals surface area contributed by atoms with Crippen molar-refractivity contribution in [3.8, 4) is 0 Å². The molecule has 2 aliphatic heterocycles. The number of hydrogen-bond donors (Lipinski definition) is 2. The Morgan fingerprint density at radius 2 is 2.12 bits per heavy atom. The van der Waals surface area contributed by atoms with Crippen molar-refractivity contribution >= 4 is 23.5 Å². The van der Waals surface area contributed by atoms with Crippen LogP contribution >= 0.6 is 0 Å². The number of nitrogens with two attached hydrogens (primary N) is 2. The van der Waals surface area contributed by atoms with Gasteiger partial charge >= 0.3 is 0 Å². The Kier molecular flexibility index (Phi) is 5.27. The quantitative estimate of drug-likeness (QED) is 0.760. The Morgan fingerprint density at radius 1 is 1.28 bits per heavy atom. The Morgan fingerprint density at radius 3 is 2.88 bits per heavy atom. The summed E-state index contributed by atoms with van der Waals surface area (Å²) in [6.45, 7) is 4.05. The molecule has 1 spiro atoms. The van der Waals surface area contributed by atoms with E-state index in [2.05, 4.69) is 14.9 Å². The molecule has 25 heavy (non-hydrogen) atoms. The number of amides is 1. The molecule has 1 amide bonds. The van der Waals surface area contributed by atoms with E-state index in [1.807, 2.05) is 4.90 Å². The summed E-state index contributed by atoms with van der Waals surface area (Å²) in [5, 5.41) is 0. The molecule has 0 unspecified atom stereocenters. The van der Waals surface area contributed by atoms with Crippen molar-refractivity contribution in [3.63, 3.8) is 0 Å². The molecule has 8 nitrogen and oxygen atoms in total. The van der Waals surface area contributed by atoms with Crippen LogP contribution in [0.5, 0.6) is 0 Å². The maximum absolute atomic E-state index is 12.3. The summed E-state index contributed by atoms with van der Waals surface area (Å²) >= 11 is 0. The van der Waals surface area contributed by atoms with E-state index >= 15 is 0 Å². The first-order valence-electron chi connectivity index (χ1n) is 8.93. The highest BCUT2D eigenvalue weighted by Gasteiger charge is 2.41. The van der Waals surface area contributed by atoms with Gasteiger partial charge in [0.05, 0.1) is 0 Å². The van der Waals surface area contributed by atoms with Crippen LogP contribution in [0.4, 0.5) is 17.6 Å². The monoisotopic (exact) mass is 348 g/mol. The fraction of sp³-hybridized carbons (Fsp3) is 0.706. The van der Waals surface area contributed by atoms with Gasteiger partial charge < -0.3 is 26.0 Å². The Bertz CT molecular complexity index is 605. The maximum atomic E-state index is 12.3. The number of ether oxygens (including phenoxy) is 1. The molecule has 3 rings (SSSR count). The van der Waals surface area contributed by atoms with E-state index in [0.717, 1.165) is 57.7 Å². The molecule has 1 atom stereocenters. The number of nitrogens with zero attached hydrogens (tertiary/aromatic N) is 4. The molecule has 0 aliphatic carbocycles. The molecule has 0 bridgehead atoms. The van der Waals surface area contributed by atoms with E-state index in [9.17, 15) is 4.79 Å². The highest BCUT2D eigenvalue weighted by Crippen LogP contribution is 2.40. The maximum Gasteiger partial charge on any atom is 0.223 e. The average Bonchev–Trinajstić information content (AvgIpc) is 2.58. The number of methoxy groups -OCH3 is 1. The van der Waals surface area contributed by atoms with Gasteiger partial charge in [-0.2, -0.15) is 9.97 Å². The zero-order valence-electron chi connectivity index (χ0n) is 14.9. The molecule has 0 radical (unpaired) electrons. The Hall–Kier alpha value is -2.09. The molecule has 2 saturated heterocycles. The molecule has 8 heteroatoms. The van der Waals surface area contributed by atoms with Crippen LogP contribution < -0.4 is 16.4 Å². The summed E-state index contributed by atoms with van der Waals surface area (Å²) in [7, 11) is 1.69. The zero-order chi connectivity index (χ0) is 17.9. The highest BCUT2D eigenvalue weighted by atomic mass is 16.5. The number of rotatable bonds is 5. The van der Waals surface area contributed by atoms with Crippen molar-refractivity contribution < 1.29 is 9.53 Å². The number of carbonyl (C=O) groups is 1. The van der Waals surface area contributed by atoms with Crippen molar-refractivity contribution in [2.45, 2.75) is 32.1 Å². The Balaban J connectivity index is 1.71. The molecule has 2 aliphatic rings. The summed E-state index contributed by atoms with van der Waals surface area (Å²) in [6, 6.07) is 1.78. The predicted molar refractivity (Wildman–Crippen MR) is 97.0 cm³/mol. The van der Waals surface area contributed by atoms with Gasteiger partial charge in [0.1, 0.15) is 11.6 Å². The van der Waals surface area contributed by atoms with E-state index in [1.54, 1.807) is 13.2 Å². The van der Waals surface area contributed by atoms with Crippen molar-refractivity contribution in [1.29, 1.82) is 0 Å². The lowest BCUT2D eigenvalue weighted by Crippen LogP contribution is -2.54. The second-order valence-corrected chi connectivity index (χ2v) is 7.20. The fourth-order valence-corrected chi connectivity index (χ4v) is 4.08. The van der Waals surface area contributed by atoms with Crippen molar-refractivity contribution in [1.82, 2.24) is 14.9 Å². The summed E-state index contributed by atoms with van der Waals surface area (Å²) in [6.07, 6.45) is 4.63. The molecular formula is C17H28N6O2. The number of likely N-dealkylation sites (tertiary alicyclic amines) is 1.